The Morgan fingerprint density at radius 3 is 2.59 bits per heavy atom. The van der Waals surface area contributed by atoms with E-state index in [0.29, 0.717) is 17.4 Å². The van der Waals surface area contributed by atoms with Crippen LogP contribution in [0.25, 0.3) is 22.5 Å². The molecule has 2 aromatic heterocycles. The fourth-order valence-corrected chi connectivity index (χ4v) is 4.31. The van der Waals surface area contributed by atoms with Crippen molar-refractivity contribution in [1.82, 2.24) is 19.9 Å². The highest BCUT2D eigenvalue weighted by molar-refractivity contribution is 5.89. The molecule has 0 spiro atoms. The Balaban J connectivity index is 1.23. The Hall–Kier alpha value is -3.45. The molecule has 0 aliphatic carbocycles. The molecule has 0 saturated carbocycles. The lowest BCUT2D eigenvalue weighted by Gasteiger charge is -2.30. The van der Waals surface area contributed by atoms with E-state index in [4.69, 9.17) is 19.1 Å². The van der Waals surface area contributed by atoms with Crippen LogP contribution in [0.3, 0.4) is 0 Å². The highest BCUT2D eigenvalue weighted by Crippen LogP contribution is 2.29. The van der Waals surface area contributed by atoms with Crippen LogP contribution in [0.15, 0.2) is 52.9 Å². The van der Waals surface area contributed by atoms with Gasteiger partial charge >= 0.3 is 5.97 Å². The van der Waals surface area contributed by atoms with E-state index >= 15 is 0 Å². The number of esters is 1. The molecule has 1 saturated heterocycles. The van der Waals surface area contributed by atoms with Gasteiger partial charge in [-0.2, -0.15) is 0 Å². The van der Waals surface area contributed by atoms with Gasteiger partial charge in [-0.1, -0.05) is 12.1 Å². The summed E-state index contributed by atoms with van der Waals surface area (Å²) in [7, 11) is 1.37. The number of methoxy groups -OCH3 is 1. The first kappa shape index (κ1) is 20.5. The molecular weight excluding hydrogens is 404 g/mol. The number of carbonyl (C=O) groups excluding carboxylic acids is 1. The first-order valence-corrected chi connectivity index (χ1v) is 10.9. The molecule has 1 aliphatic heterocycles. The molecule has 2 aromatic carbocycles. The Morgan fingerprint density at radius 2 is 1.88 bits per heavy atom. The lowest BCUT2D eigenvalue weighted by atomic mass is 9.96. The summed E-state index contributed by atoms with van der Waals surface area (Å²) in [4.78, 5) is 27.1. The molecule has 0 unspecified atom stereocenters. The smallest absolute Gasteiger partial charge is 0.337 e. The van der Waals surface area contributed by atoms with Crippen molar-refractivity contribution in [3.8, 4) is 11.5 Å². The molecule has 7 nitrogen and oxygen atoms in total. The van der Waals surface area contributed by atoms with Gasteiger partial charge in [0.2, 0.25) is 5.89 Å². The van der Waals surface area contributed by atoms with Crippen LogP contribution in [0.5, 0.6) is 0 Å². The number of carbonyl (C=O) groups is 1. The van der Waals surface area contributed by atoms with Gasteiger partial charge in [-0.15, -0.1) is 0 Å². The molecule has 0 radical (unpaired) electrons. The highest BCUT2D eigenvalue weighted by atomic mass is 16.5. The van der Waals surface area contributed by atoms with Crippen molar-refractivity contribution in [3.63, 3.8) is 0 Å². The summed E-state index contributed by atoms with van der Waals surface area (Å²) in [6, 6.07) is 15.3. The predicted octanol–water partition coefficient (Wildman–Crippen LogP) is 4.69. The van der Waals surface area contributed by atoms with Crippen LogP contribution in [0.4, 0.5) is 0 Å². The molecule has 7 heteroatoms. The number of hydrogen-bond acceptors (Lipinski definition) is 6. The lowest BCUT2D eigenvalue weighted by Crippen LogP contribution is -2.33. The van der Waals surface area contributed by atoms with Crippen molar-refractivity contribution in [2.45, 2.75) is 32.2 Å². The second-order valence-electron chi connectivity index (χ2n) is 8.28. The zero-order chi connectivity index (χ0) is 22.1. The maximum absolute atomic E-state index is 11.6. The largest absolute Gasteiger partial charge is 0.465 e. The molecule has 3 heterocycles. The van der Waals surface area contributed by atoms with Gasteiger partial charge in [-0.05, 0) is 69.3 Å². The summed E-state index contributed by atoms with van der Waals surface area (Å²) >= 11 is 0. The first-order valence-electron chi connectivity index (χ1n) is 10.9. The van der Waals surface area contributed by atoms with Gasteiger partial charge in [-0.25, -0.2) is 14.8 Å². The number of nitrogens with one attached hydrogen (secondary N) is 1. The van der Waals surface area contributed by atoms with Crippen LogP contribution in [-0.4, -0.2) is 46.0 Å². The van der Waals surface area contributed by atoms with Gasteiger partial charge in [0.25, 0.3) is 0 Å². The molecule has 1 aliphatic rings. The molecule has 0 atom stereocenters. The fraction of sp³-hybridized carbons (Fsp3) is 0.320. The second-order valence-corrected chi connectivity index (χ2v) is 8.28. The summed E-state index contributed by atoms with van der Waals surface area (Å²) < 4.78 is 10.7. The monoisotopic (exact) mass is 430 g/mol. The summed E-state index contributed by atoms with van der Waals surface area (Å²) in [6.45, 7) is 4.71. The number of oxazole rings is 1. The van der Waals surface area contributed by atoms with Gasteiger partial charge in [0.15, 0.2) is 0 Å². The van der Waals surface area contributed by atoms with Gasteiger partial charge in [0.05, 0.1) is 29.4 Å². The first-order chi connectivity index (χ1) is 15.6. The Morgan fingerprint density at radius 1 is 1.12 bits per heavy atom. The van der Waals surface area contributed by atoms with Crippen molar-refractivity contribution in [1.29, 1.82) is 0 Å². The van der Waals surface area contributed by atoms with Crippen molar-refractivity contribution in [3.05, 3.63) is 71.4 Å². The quantitative estimate of drug-likeness (QED) is 0.462. The van der Waals surface area contributed by atoms with Gasteiger partial charge in [0, 0.05) is 18.0 Å². The number of aromatic amines is 1. The van der Waals surface area contributed by atoms with E-state index in [9.17, 15) is 4.79 Å². The molecule has 0 amide bonds. The van der Waals surface area contributed by atoms with E-state index in [1.165, 1.54) is 7.11 Å². The van der Waals surface area contributed by atoms with E-state index < -0.39 is 0 Å². The Kier molecular flexibility index (Phi) is 5.49. The normalized spacial score (nSPS) is 15.3. The molecule has 4 aromatic rings. The van der Waals surface area contributed by atoms with E-state index in [2.05, 4.69) is 22.0 Å². The van der Waals surface area contributed by atoms with Crippen LogP contribution in [0.1, 0.15) is 46.4 Å². The van der Waals surface area contributed by atoms with Crippen LogP contribution >= 0.6 is 0 Å². The standard InChI is InChI=1S/C25H26N4O3/c1-16-22(28-24(32-16)18-7-9-19(10-8-18)25(30)31-2)15-29-13-11-17(12-14-29)23-26-20-5-3-4-6-21(20)27-23/h3-10,17H,11-15H2,1-2H3,(H,26,27). The Bertz CT molecular complexity index is 1200. The molecule has 32 heavy (non-hydrogen) atoms. The number of H-pyrrole nitrogens is 1. The average molecular weight is 431 g/mol. The molecule has 1 N–H and O–H groups in total. The molecule has 164 valence electrons. The highest BCUT2D eigenvalue weighted by Gasteiger charge is 2.24. The van der Waals surface area contributed by atoms with Crippen LogP contribution in [0.2, 0.25) is 0 Å². The number of benzene rings is 2. The zero-order valence-corrected chi connectivity index (χ0v) is 18.3. The number of para-hydroxylation sites is 2. The summed E-state index contributed by atoms with van der Waals surface area (Å²) in [6.07, 6.45) is 2.14. The van der Waals surface area contributed by atoms with Crippen LogP contribution in [-0.2, 0) is 11.3 Å². The molecule has 0 bridgehead atoms. The molecule has 5 rings (SSSR count). The third-order valence-corrected chi connectivity index (χ3v) is 6.20. The van der Waals surface area contributed by atoms with E-state index in [1.807, 2.05) is 31.2 Å². The minimum Gasteiger partial charge on any atom is -0.465 e. The number of imidazole rings is 1. The van der Waals surface area contributed by atoms with Crippen molar-refractivity contribution >= 4 is 17.0 Å². The predicted molar refractivity (Wildman–Crippen MR) is 121 cm³/mol. The van der Waals surface area contributed by atoms with Gasteiger partial charge < -0.3 is 14.1 Å². The number of aromatic nitrogens is 3. The van der Waals surface area contributed by atoms with Gasteiger partial charge in [0.1, 0.15) is 11.6 Å². The van der Waals surface area contributed by atoms with E-state index in [1.54, 1.807) is 12.1 Å². The topological polar surface area (TPSA) is 84.2 Å². The number of piperidine rings is 1. The summed E-state index contributed by atoms with van der Waals surface area (Å²) in [5.74, 6) is 2.61. The number of ether oxygens (including phenoxy) is 1. The Labute approximate surface area is 186 Å². The van der Waals surface area contributed by atoms with Crippen LogP contribution < -0.4 is 0 Å². The van der Waals surface area contributed by atoms with Gasteiger partial charge in [-0.3, -0.25) is 4.90 Å². The molecule has 1 fully saturated rings. The number of hydrogen-bond donors (Lipinski definition) is 1. The second kappa shape index (κ2) is 8.59. The number of aryl methyl sites for hydroxylation is 1. The minimum absolute atomic E-state index is 0.355. The van der Waals surface area contributed by atoms with E-state index in [0.717, 1.165) is 66.4 Å². The summed E-state index contributed by atoms with van der Waals surface area (Å²) in [5, 5.41) is 0. The maximum Gasteiger partial charge on any atom is 0.337 e. The van der Waals surface area contributed by atoms with Crippen molar-refractivity contribution in [2.75, 3.05) is 20.2 Å². The summed E-state index contributed by atoms with van der Waals surface area (Å²) in [5.41, 5.74) is 4.45. The average Bonchev–Trinajstić information content (AvgIpc) is 3.43. The minimum atomic E-state index is -0.355. The third-order valence-electron chi connectivity index (χ3n) is 6.20. The molecular formula is C25H26N4O3. The van der Waals surface area contributed by atoms with E-state index in [-0.39, 0.29) is 5.97 Å². The van der Waals surface area contributed by atoms with Crippen molar-refractivity contribution < 1.29 is 13.9 Å². The number of fused-ring (bicyclic) bond motifs is 1. The zero-order valence-electron chi connectivity index (χ0n) is 18.3. The fourth-order valence-electron chi connectivity index (χ4n) is 4.31. The SMILES string of the molecule is COC(=O)c1ccc(-c2nc(CN3CCC(c4nc5ccccc5[nH]4)CC3)c(C)o2)cc1. The third kappa shape index (κ3) is 4.03. The van der Waals surface area contributed by atoms with Crippen LogP contribution in [0, 0.1) is 6.92 Å². The lowest BCUT2D eigenvalue weighted by molar-refractivity contribution is 0.0600. The number of rotatable bonds is 5. The number of likely N-dealkylation sites (tertiary alicyclic amines) is 1. The maximum atomic E-state index is 11.6. The number of nitrogens with zero attached hydrogens (tertiary/aromatic N) is 3. The van der Waals surface area contributed by atoms with Crippen molar-refractivity contribution in [2.24, 2.45) is 0 Å².